The maximum atomic E-state index is 11.9. The summed E-state index contributed by atoms with van der Waals surface area (Å²) >= 11 is 0. The number of hydrogen-bond acceptors (Lipinski definition) is 3. The van der Waals surface area contributed by atoms with E-state index in [1.54, 1.807) is 19.0 Å². The number of rotatable bonds is 6. The Morgan fingerprint density at radius 2 is 2.30 bits per heavy atom. The third kappa shape index (κ3) is 3.59. The van der Waals surface area contributed by atoms with Gasteiger partial charge in [-0.3, -0.25) is 0 Å². The molecule has 2 aromatic rings. The van der Waals surface area contributed by atoms with E-state index in [1.165, 1.54) is 18.2 Å². The number of nitrogens with one attached hydrogen (secondary N) is 2. The van der Waals surface area contributed by atoms with Crippen LogP contribution in [0, 0.1) is 0 Å². The van der Waals surface area contributed by atoms with Gasteiger partial charge in [-0.25, -0.2) is 13.1 Å². The van der Waals surface area contributed by atoms with Crippen molar-refractivity contribution in [2.24, 2.45) is 0 Å². The molecule has 0 fully saturated rings. The third-order valence-corrected chi connectivity index (χ3v) is 4.07. The average molecular weight is 300 g/mol. The van der Waals surface area contributed by atoms with Gasteiger partial charge in [0.1, 0.15) is 1.41 Å². The Labute approximate surface area is 127 Å². The quantitative estimate of drug-likeness (QED) is 0.845. The first-order valence-corrected chi connectivity index (χ1v) is 7.71. The fourth-order valence-corrected chi connectivity index (χ4v) is 2.52. The van der Waals surface area contributed by atoms with Crippen LogP contribution >= 0.6 is 0 Å². The third-order valence-electron chi connectivity index (χ3n) is 2.82. The lowest BCUT2D eigenvalue weighted by molar-refractivity contribution is 0.414. The van der Waals surface area contributed by atoms with Crippen molar-refractivity contribution in [3.63, 3.8) is 0 Å². The second-order valence-electron chi connectivity index (χ2n) is 4.77. The molecule has 20 heavy (non-hydrogen) atoms. The van der Waals surface area contributed by atoms with E-state index in [1.807, 2.05) is 0 Å². The smallest absolute Gasteiger partial charge is 0.215 e. The summed E-state index contributed by atoms with van der Waals surface area (Å²) in [6.45, 7) is 0.0238. The Balaban J connectivity index is 2.63. The lowest BCUT2D eigenvalue weighted by Crippen LogP contribution is -2.20. The highest BCUT2D eigenvalue weighted by molar-refractivity contribution is 7.88. The Hall–Kier alpha value is -1.37. The van der Waals surface area contributed by atoms with Gasteiger partial charge >= 0.3 is 0 Å². The molecule has 5 nitrogen and oxygen atoms in total. The second kappa shape index (κ2) is 5.95. The molecule has 0 atom stereocenters. The molecule has 0 aliphatic heterocycles. The molecule has 1 aromatic carbocycles. The van der Waals surface area contributed by atoms with Crippen LogP contribution in [0.15, 0.2) is 24.4 Å². The number of nitrogens with zero attached hydrogens (tertiary/aromatic N) is 1. The Kier molecular flexibility index (Phi) is 2.84. The number of H-pyrrole nitrogens is 1. The fourth-order valence-electron chi connectivity index (χ4n) is 1.79. The summed E-state index contributed by atoms with van der Waals surface area (Å²) in [4.78, 5) is 2.49. The van der Waals surface area contributed by atoms with E-state index in [0.29, 0.717) is 21.2 Å². The molecule has 0 radical (unpaired) electrons. The summed E-state index contributed by atoms with van der Waals surface area (Å²) in [5.74, 6) is -0.407. The van der Waals surface area contributed by atoms with Crippen LogP contribution in [0.2, 0.25) is 2.82 Å². The second-order valence-corrected chi connectivity index (χ2v) is 6.59. The lowest BCUT2D eigenvalue weighted by Gasteiger charge is -2.08. The average Bonchev–Trinajstić information content (AvgIpc) is 2.69. The van der Waals surface area contributed by atoms with Crippen LogP contribution in [-0.2, 0) is 22.1 Å². The molecule has 0 saturated heterocycles. The molecule has 2 rings (SSSR count). The van der Waals surface area contributed by atoms with E-state index in [2.05, 4.69) is 0 Å². The van der Waals surface area contributed by atoms with Gasteiger partial charge in [-0.15, -0.1) is 0 Å². The zero-order valence-corrected chi connectivity index (χ0v) is 12.5. The van der Waals surface area contributed by atoms with Gasteiger partial charge in [0.15, 0.2) is 1.41 Å². The monoisotopic (exact) mass is 300 g/mol. The number of fused-ring (bicyclic) bond motifs is 1. The van der Waals surface area contributed by atoms with Gasteiger partial charge in [0.2, 0.25) is 10.0 Å². The largest absolute Gasteiger partial charge is 0.361 e. The molecular weight excluding hydrogens is 274 g/mol. The van der Waals surface area contributed by atoms with Crippen molar-refractivity contribution < 1.29 is 15.4 Å². The molecule has 1 heterocycles. The first-order valence-electron chi connectivity index (χ1n) is 8.50. The van der Waals surface area contributed by atoms with Gasteiger partial charge in [0.25, 0.3) is 0 Å². The lowest BCUT2D eigenvalue weighted by atomic mass is 10.1. The standard InChI is InChI=1S/C14H21N3O2S/c1-15-20(18,19)10-11-4-5-14-13(8-11)12(9-16-14)6-7-17(2)3/h4-5,8-9,15-16H,6-7,10H2,1-3H3/i6D2,9D/hD2. The SMILES string of the molecule is [2H]c1c(C([2H])([2H])CN(C)C)c2cc(CS(=O)(=O)N([2H])C)ccc2n1[2H]. The Morgan fingerprint density at radius 3 is 2.95 bits per heavy atom. The minimum absolute atomic E-state index is 0.0238. The van der Waals surface area contributed by atoms with E-state index in [0.717, 1.165) is 12.0 Å². The van der Waals surface area contributed by atoms with Crippen LogP contribution in [0.25, 0.3) is 10.9 Å². The Morgan fingerprint density at radius 1 is 1.55 bits per heavy atom. The van der Waals surface area contributed by atoms with E-state index >= 15 is 0 Å². The van der Waals surface area contributed by atoms with Gasteiger partial charge in [-0.2, -0.15) is 0 Å². The molecule has 0 spiro atoms. The highest BCUT2D eigenvalue weighted by Crippen LogP contribution is 2.21. The van der Waals surface area contributed by atoms with Crippen LogP contribution < -0.4 is 4.72 Å². The Bertz CT molecular complexity index is 893. The highest BCUT2D eigenvalue weighted by Gasteiger charge is 2.11. The van der Waals surface area contributed by atoms with Crippen molar-refractivity contribution in [2.75, 3.05) is 27.7 Å². The zero-order chi connectivity index (χ0) is 19.2. The molecule has 6 heteroatoms. The predicted molar refractivity (Wildman–Crippen MR) is 82.2 cm³/mol. The summed E-state index contributed by atoms with van der Waals surface area (Å²) in [6, 6.07) is 4.51. The first-order chi connectivity index (χ1) is 11.4. The number of hydrogen-bond donors (Lipinski definition) is 2. The molecule has 2 N–H and O–H groups in total. The van der Waals surface area contributed by atoms with Crippen molar-refractivity contribution in [1.82, 2.24) is 14.6 Å². The molecule has 0 saturated carbocycles. The van der Waals surface area contributed by atoms with Crippen molar-refractivity contribution in [3.05, 3.63) is 35.5 Å². The number of aromatic nitrogens is 1. The minimum atomic E-state index is -3.79. The molecule has 110 valence electrons. The van der Waals surface area contributed by atoms with Crippen molar-refractivity contribution in [2.45, 2.75) is 12.1 Å². The van der Waals surface area contributed by atoms with Gasteiger partial charge in [0, 0.05) is 26.4 Å². The maximum absolute atomic E-state index is 11.9. The molecule has 0 aliphatic rings. The van der Waals surface area contributed by atoms with Crippen LogP contribution in [-0.4, -0.2) is 46.0 Å². The fraction of sp³-hybridized carbons (Fsp3) is 0.429. The van der Waals surface area contributed by atoms with Gasteiger partial charge in [-0.1, -0.05) is 6.07 Å². The summed E-state index contributed by atoms with van der Waals surface area (Å²) in [6.07, 6.45) is -2.14. The molecule has 0 bridgehead atoms. The maximum Gasteiger partial charge on any atom is 0.215 e. The van der Waals surface area contributed by atoms with Crippen LogP contribution in [0.1, 0.15) is 15.2 Å². The van der Waals surface area contributed by atoms with E-state index in [-0.39, 0.29) is 18.3 Å². The van der Waals surface area contributed by atoms with Crippen molar-refractivity contribution in [1.29, 1.82) is 0 Å². The molecule has 1 aromatic heterocycles. The van der Waals surface area contributed by atoms with Crippen LogP contribution in [0.3, 0.4) is 0 Å². The van der Waals surface area contributed by atoms with Gasteiger partial charge in [-0.05, 0) is 50.8 Å². The first kappa shape index (κ1) is 9.55. The normalized spacial score (nSPS) is 16.9. The van der Waals surface area contributed by atoms with Gasteiger partial charge < -0.3 is 9.88 Å². The number of benzene rings is 1. The number of sulfonamides is 1. The summed E-state index contributed by atoms with van der Waals surface area (Å²) in [5, 5.41) is 0.340. The highest BCUT2D eigenvalue weighted by atomic mass is 32.2. The van der Waals surface area contributed by atoms with Crippen LogP contribution in [0.4, 0.5) is 0 Å². The van der Waals surface area contributed by atoms with Crippen molar-refractivity contribution >= 4 is 20.9 Å². The van der Waals surface area contributed by atoms with E-state index < -0.39 is 22.1 Å². The summed E-state index contributed by atoms with van der Waals surface area (Å²) in [5.41, 5.74) is 0.770. The van der Waals surface area contributed by atoms with Gasteiger partial charge in [0.05, 0.1) is 7.12 Å². The molecule has 0 amide bonds. The topological polar surface area (TPSA) is 65.2 Å². The van der Waals surface area contributed by atoms with E-state index in [9.17, 15) is 8.42 Å². The zero-order valence-electron chi connectivity index (χ0n) is 16.7. The summed E-state index contributed by atoms with van der Waals surface area (Å²) in [7, 11) is 0.753. The summed E-state index contributed by atoms with van der Waals surface area (Å²) < 4.78 is 64.2. The molecule has 0 aliphatic carbocycles. The van der Waals surface area contributed by atoms with E-state index in [4.69, 9.17) is 6.94 Å². The molecule has 0 unspecified atom stereocenters. The van der Waals surface area contributed by atoms with Crippen LogP contribution in [0.5, 0.6) is 0 Å². The number of likely N-dealkylation sites (N-methyl/N-ethyl adjacent to an activating group) is 1. The van der Waals surface area contributed by atoms with Crippen molar-refractivity contribution in [3.8, 4) is 0 Å². The molecular formula is C14H21N3O2S. The predicted octanol–water partition coefficient (Wildman–Crippen LogP) is 1.32. The minimum Gasteiger partial charge on any atom is -0.361 e. The number of aromatic amines is 1.